The van der Waals surface area contributed by atoms with Gasteiger partial charge in [-0.3, -0.25) is 9.59 Å². The number of aryl methyl sites for hydroxylation is 1. The van der Waals surface area contributed by atoms with E-state index in [1.165, 1.54) is 6.26 Å². The molecule has 1 saturated heterocycles. The number of nitrogens with one attached hydrogen (secondary N) is 1. The van der Waals surface area contributed by atoms with E-state index in [1.54, 1.807) is 17.0 Å². The Balaban J connectivity index is 1.43. The van der Waals surface area contributed by atoms with Crippen molar-refractivity contribution < 1.29 is 18.7 Å². The molecule has 0 spiro atoms. The van der Waals surface area contributed by atoms with Crippen molar-refractivity contribution in [2.24, 2.45) is 5.92 Å². The van der Waals surface area contributed by atoms with Crippen molar-refractivity contribution in [1.29, 1.82) is 0 Å². The SMILES string of the molecule is Cc1ccc(Oc2ccccc2NC(=O)C2CCCN(C(=O)c3ccco3)C2)cc1. The van der Waals surface area contributed by atoms with Crippen LogP contribution in [0.2, 0.25) is 0 Å². The van der Waals surface area contributed by atoms with Crippen LogP contribution in [0, 0.1) is 12.8 Å². The van der Waals surface area contributed by atoms with Crippen LogP contribution in [-0.2, 0) is 4.79 Å². The number of hydrogen-bond donors (Lipinski definition) is 1. The number of hydrogen-bond acceptors (Lipinski definition) is 4. The zero-order chi connectivity index (χ0) is 20.9. The second-order valence-electron chi connectivity index (χ2n) is 7.47. The minimum Gasteiger partial charge on any atom is -0.459 e. The van der Waals surface area contributed by atoms with E-state index in [-0.39, 0.29) is 17.7 Å². The van der Waals surface area contributed by atoms with E-state index < -0.39 is 0 Å². The Morgan fingerprint density at radius 2 is 1.87 bits per heavy atom. The molecule has 6 heteroatoms. The molecule has 1 fully saturated rings. The van der Waals surface area contributed by atoms with E-state index in [0.717, 1.165) is 18.4 Å². The predicted octanol–water partition coefficient (Wildman–Crippen LogP) is 4.87. The Morgan fingerprint density at radius 1 is 1.07 bits per heavy atom. The number of para-hydroxylation sites is 2. The third-order valence-corrected chi connectivity index (χ3v) is 5.21. The van der Waals surface area contributed by atoms with Crippen molar-refractivity contribution in [3.8, 4) is 11.5 Å². The van der Waals surface area contributed by atoms with Gasteiger partial charge in [0.15, 0.2) is 11.5 Å². The summed E-state index contributed by atoms with van der Waals surface area (Å²) in [6, 6.07) is 18.4. The first-order valence-electron chi connectivity index (χ1n) is 10.1. The third-order valence-electron chi connectivity index (χ3n) is 5.21. The van der Waals surface area contributed by atoms with Gasteiger partial charge in [0.2, 0.25) is 5.91 Å². The van der Waals surface area contributed by atoms with Crippen molar-refractivity contribution in [3.05, 3.63) is 78.3 Å². The highest BCUT2D eigenvalue weighted by molar-refractivity contribution is 5.95. The normalized spacial score (nSPS) is 16.2. The quantitative estimate of drug-likeness (QED) is 0.658. The van der Waals surface area contributed by atoms with E-state index in [9.17, 15) is 9.59 Å². The van der Waals surface area contributed by atoms with E-state index >= 15 is 0 Å². The molecule has 1 N–H and O–H groups in total. The summed E-state index contributed by atoms with van der Waals surface area (Å²) < 4.78 is 11.2. The summed E-state index contributed by atoms with van der Waals surface area (Å²) >= 11 is 0. The Bertz CT molecular complexity index is 1010. The number of benzene rings is 2. The predicted molar refractivity (Wildman–Crippen MR) is 114 cm³/mol. The molecule has 0 bridgehead atoms. The molecule has 1 aliphatic heterocycles. The first-order valence-corrected chi connectivity index (χ1v) is 10.1. The molecule has 1 unspecified atom stereocenters. The number of amides is 2. The second kappa shape index (κ2) is 8.86. The lowest BCUT2D eigenvalue weighted by molar-refractivity contribution is -0.121. The maximum absolute atomic E-state index is 12.9. The van der Waals surface area contributed by atoms with E-state index in [2.05, 4.69) is 5.32 Å². The summed E-state index contributed by atoms with van der Waals surface area (Å²) in [5.74, 6) is 0.995. The lowest BCUT2D eigenvalue weighted by atomic mass is 9.96. The second-order valence-corrected chi connectivity index (χ2v) is 7.47. The number of carbonyl (C=O) groups is 2. The maximum atomic E-state index is 12.9. The fourth-order valence-corrected chi connectivity index (χ4v) is 3.56. The van der Waals surface area contributed by atoms with Gasteiger partial charge >= 0.3 is 0 Å². The topological polar surface area (TPSA) is 71.8 Å². The molecule has 0 aliphatic carbocycles. The summed E-state index contributed by atoms with van der Waals surface area (Å²) in [6.07, 6.45) is 2.98. The molecule has 154 valence electrons. The molecule has 1 aliphatic rings. The van der Waals surface area contributed by atoms with Crippen molar-refractivity contribution in [2.45, 2.75) is 19.8 Å². The summed E-state index contributed by atoms with van der Waals surface area (Å²) in [5, 5.41) is 2.98. The van der Waals surface area contributed by atoms with Gasteiger partial charge in [0.25, 0.3) is 5.91 Å². The van der Waals surface area contributed by atoms with Crippen molar-refractivity contribution >= 4 is 17.5 Å². The minimum absolute atomic E-state index is 0.119. The molecule has 2 aromatic carbocycles. The molecular formula is C24H24N2O4. The Kier molecular flexibility index (Phi) is 5.84. The minimum atomic E-state index is -0.287. The molecule has 1 aromatic heterocycles. The summed E-state index contributed by atoms with van der Waals surface area (Å²) in [6.45, 7) is 3.00. The van der Waals surface area contributed by atoms with Crippen LogP contribution in [0.15, 0.2) is 71.3 Å². The number of furan rings is 1. The highest BCUT2D eigenvalue weighted by atomic mass is 16.5. The molecular weight excluding hydrogens is 380 g/mol. The van der Waals surface area contributed by atoms with E-state index in [1.807, 2.05) is 55.5 Å². The molecule has 0 radical (unpaired) electrons. The summed E-state index contributed by atoms with van der Waals surface area (Å²) in [5.41, 5.74) is 1.76. The molecule has 3 aromatic rings. The van der Waals surface area contributed by atoms with Crippen LogP contribution in [-0.4, -0.2) is 29.8 Å². The van der Waals surface area contributed by atoms with Crippen LogP contribution in [0.25, 0.3) is 0 Å². The van der Waals surface area contributed by atoms with Gasteiger partial charge in [-0.2, -0.15) is 0 Å². The zero-order valence-electron chi connectivity index (χ0n) is 16.8. The van der Waals surface area contributed by atoms with Crippen molar-refractivity contribution in [2.75, 3.05) is 18.4 Å². The number of nitrogens with zero attached hydrogens (tertiary/aromatic N) is 1. The van der Waals surface area contributed by atoms with Gasteiger partial charge in [-0.15, -0.1) is 0 Å². The van der Waals surface area contributed by atoms with Gasteiger partial charge in [-0.25, -0.2) is 0 Å². The van der Waals surface area contributed by atoms with Gasteiger partial charge in [-0.1, -0.05) is 29.8 Å². The Labute approximate surface area is 175 Å². The van der Waals surface area contributed by atoms with Gasteiger partial charge in [-0.05, 0) is 56.2 Å². The molecule has 1 atom stereocenters. The lowest BCUT2D eigenvalue weighted by Crippen LogP contribution is -2.43. The van der Waals surface area contributed by atoms with Gasteiger partial charge in [0, 0.05) is 13.1 Å². The molecule has 6 nitrogen and oxygen atoms in total. The van der Waals surface area contributed by atoms with Gasteiger partial charge in [0.1, 0.15) is 5.75 Å². The summed E-state index contributed by atoms with van der Waals surface area (Å²) in [4.78, 5) is 27.2. The molecule has 4 rings (SSSR count). The average Bonchev–Trinajstić information content (AvgIpc) is 3.31. The molecule has 2 amide bonds. The Hall–Kier alpha value is -3.54. The molecule has 30 heavy (non-hydrogen) atoms. The maximum Gasteiger partial charge on any atom is 0.289 e. The van der Waals surface area contributed by atoms with E-state index in [4.69, 9.17) is 9.15 Å². The summed E-state index contributed by atoms with van der Waals surface area (Å²) in [7, 11) is 0. The van der Waals surface area contributed by atoms with Crippen LogP contribution >= 0.6 is 0 Å². The molecule has 0 saturated carbocycles. The van der Waals surface area contributed by atoms with Gasteiger partial charge in [0.05, 0.1) is 17.9 Å². The first kappa shape index (κ1) is 19.8. The van der Waals surface area contributed by atoms with Crippen LogP contribution in [0.1, 0.15) is 29.0 Å². The molecule has 2 heterocycles. The first-order chi connectivity index (χ1) is 14.6. The van der Waals surface area contributed by atoms with Gasteiger partial charge < -0.3 is 19.4 Å². The smallest absolute Gasteiger partial charge is 0.289 e. The van der Waals surface area contributed by atoms with Crippen molar-refractivity contribution in [1.82, 2.24) is 4.90 Å². The number of likely N-dealkylation sites (tertiary alicyclic amines) is 1. The van der Waals surface area contributed by atoms with Crippen LogP contribution in [0.4, 0.5) is 5.69 Å². The van der Waals surface area contributed by atoms with E-state index in [0.29, 0.717) is 36.0 Å². The largest absolute Gasteiger partial charge is 0.459 e. The number of ether oxygens (including phenoxy) is 1. The number of rotatable bonds is 5. The standard InChI is InChI=1S/C24H24N2O4/c1-17-10-12-19(13-11-17)30-21-8-3-2-7-20(21)25-23(27)18-6-4-14-26(16-18)24(28)22-9-5-15-29-22/h2-3,5,7-13,15,18H,4,6,14,16H2,1H3,(H,25,27). The number of carbonyl (C=O) groups excluding carboxylic acids is 2. The highest BCUT2D eigenvalue weighted by Crippen LogP contribution is 2.30. The fourth-order valence-electron chi connectivity index (χ4n) is 3.56. The number of piperidine rings is 1. The lowest BCUT2D eigenvalue weighted by Gasteiger charge is -2.31. The fraction of sp³-hybridized carbons (Fsp3) is 0.250. The van der Waals surface area contributed by atoms with Crippen molar-refractivity contribution in [3.63, 3.8) is 0 Å². The van der Waals surface area contributed by atoms with Crippen LogP contribution in [0.3, 0.4) is 0 Å². The zero-order valence-corrected chi connectivity index (χ0v) is 16.8. The number of anilines is 1. The van der Waals surface area contributed by atoms with Crippen LogP contribution < -0.4 is 10.1 Å². The third kappa shape index (κ3) is 4.54. The monoisotopic (exact) mass is 404 g/mol. The van der Waals surface area contributed by atoms with Crippen LogP contribution in [0.5, 0.6) is 11.5 Å². The highest BCUT2D eigenvalue weighted by Gasteiger charge is 2.30. The average molecular weight is 404 g/mol. The Morgan fingerprint density at radius 3 is 2.63 bits per heavy atom.